The van der Waals surface area contributed by atoms with Crippen molar-refractivity contribution in [2.45, 2.75) is 0 Å². The zero-order valence-electron chi connectivity index (χ0n) is 6.34. The van der Waals surface area contributed by atoms with Crippen molar-refractivity contribution in [2.24, 2.45) is 0 Å². The molecular formula is C7H5BrClN3S. The average molecular weight is 279 g/mol. The van der Waals surface area contributed by atoms with Crippen LogP contribution < -0.4 is 5.73 Å². The van der Waals surface area contributed by atoms with E-state index in [1.54, 1.807) is 6.20 Å². The Morgan fingerprint density at radius 3 is 2.85 bits per heavy atom. The van der Waals surface area contributed by atoms with Gasteiger partial charge in [0.25, 0.3) is 0 Å². The molecule has 0 radical (unpaired) electrons. The van der Waals surface area contributed by atoms with E-state index in [-0.39, 0.29) is 0 Å². The molecule has 0 aliphatic heterocycles. The third-order valence-electron chi connectivity index (χ3n) is 1.51. The normalized spacial score (nSPS) is 10.6. The fourth-order valence-corrected chi connectivity index (χ4v) is 2.61. The van der Waals surface area contributed by atoms with Crippen molar-refractivity contribution < 1.29 is 0 Å². The smallest absolute Gasteiger partial charge is 0.197 e. The summed E-state index contributed by atoms with van der Waals surface area (Å²) in [5.74, 6) is 0.413. The van der Waals surface area contributed by atoms with Crippen LogP contribution in [0.4, 0.5) is 5.95 Å². The summed E-state index contributed by atoms with van der Waals surface area (Å²) in [6.07, 6.45) is 1.68. The van der Waals surface area contributed by atoms with Crippen LogP contribution in [0.25, 0.3) is 10.6 Å². The molecule has 2 rings (SSSR count). The van der Waals surface area contributed by atoms with Crippen LogP contribution in [0.5, 0.6) is 0 Å². The molecule has 0 bridgehead atoms. The summed E-state index contributed by atoms with van der Waals surface area (Å²) in [5, 5.41) is 0. The number of hydrogen-bond donors (Lipinski definition) is 2. The van der Waals surface area contributed by atoms with Gasteiger partial charge in [-0.3, -0.25) is 0 Å². The van der Waals surface area contributed by atoms with Gasteiger partial charge in [-0.05, 0) is 22.0 Å². The van der Waals surface area contributed by atoms with Crippen molar-refractivity contribution in [1.29, 1.82) is 0 Å². The van der Waals surface area contributed by atoms with Gasteiger partial charge in [0.2, 0.25) is 0 Å². The number of anilines is 1. The molecule has 2 aromatic rings. The molecule has 0 spiro atoms. The molecule has 0 aliphatic carbocycles. The van der Waals surface area contributed by atoms with Crippen molar-refractivity contribution >= 4 is 44.8 Å². The zero-order valence-corrected chi connectivity index (χ0v) is 9.50. The molecular weight excluding hydrogens is 274 g/mol. The number of aromatic nitrogens is 2. The van der Waals surface area contributed by atoms with Gasteiger partial charge in [0.1, 0.15) is 4.34 Å². The molecule has 0 aromatic carbocycles. The standard InChI is InChI=1S/C7H5BrClN3S/c8-3-1-5(13-6(3)9)4-2-11-7(10)12-4/h1-2H,(H3,10,11,12). The number of rotatable bonds is 1. The molecule has 0 saturated heterocycles. The highest BCUT2D eigenvalue weighted by Gasteiger charge is 2.08. The first-order valence-corrected chi connectivity index (χ1v) is 5.41. The summed E-state index contributed by atoms with van der Waals surface area (Å²) in [7, 11) is 0. The predicted molar refractivity (Wildman–Crippen MR) is 59.0 cm³/mol. The van der Waals surface area contributed by atoms with Gasteiger partial charge in [0, 0.05) is 4.47 Å². The van der Waals surface area contributed by atoms with Gasteiger partial charge in [-0.15, -0.1) is 11.3 Å². The van der Waals surface area contributed by atoms with Crippen molar-refractivity contribution in [1.82, 2.24) is 9.97 Å². The first-order valence-electron chi connectivity index (χ1n) is 3.42. The maximum atomic E-state index is 5.89. The molecule has 3 nitrogen and oxygen atoms in total. The first kappa shape index (κ1) is 9.05. The Hall–Kier alpha value is -0.520. The molecule has 68 valence electrons. The van der Waals surface area contributed by atoms with Crippen molar-refractivity contribution in [3.05, 3.63) is 21.1 Å². The minimum Gasteiger partial charge on any atom is -0.369 e. The van der Waals surface area contributed by atoms with Crippen LogP contribution in [0, 0.1) is 0 Å². The number of halogens is 2. The second kappa shape index (κ2) is 3.32. The number of nitrogen functional groups attached to an aromatic ring is 1. The highest BCUT2D eigenvalue weighted by Crippen LogP contribution is 2.37. The molecule has 13 heavy (non-hydrogen) atoms. The Morgan fingerprint density at radius 2 is 2.38 bits per heavy atom. The maximum Gasteiger partial charge on any atom is 0.197 e. The number of nitrogens with one attached hydrogen (secondary N) is 1. The van der Waals surface area contributed by atoms with E-state index in [1.165, 1.54) is 11.3 Å². The van der Waals surface area contributed by atoms with Crippen LogP contribution in [-0.4, -0.2) is 9.97 Å². The maximum absolute atomic E-state index is 5.89. The summed E-state index contributed by atoms with van der Waals surface area (Å²) in [5.41, 5.74) is 6.34. The van der Waals surface area contributed by atoms with Gasteiger partial charge in [0.05, 0.1) is 16.8 Å². The zero-order chi connectivity index (χ0) is 9.42. The lowest BCUT2D eigenvalue weighted by Crippen LogP contribution is -1.84. The van der Waals surface area contributed by atoms with Crippen LogP contribution in [0.1, 0.15) is 0 Å². The average Bonchev–Trinajstić information content (AvgIpc) is 2.61. The van der Waals surface area contributed by atoms with E-state index in [2.05, 4.69) is 25.9 Å². The molecule has 2 heterocycles. The Labute approximate surface area is 92.1 Å². The SMILES string of the molecule is Nc1ncc(-c2cc(Br)c(Cl)s2)[nH]1. The van der Waals surface area contributed by atoms with Crippen LogP contribution in [0.2, 0.25) is 4.34 Å². The lowest BCUT2D eigenvalue weighted by Gasteiger charge is -1.87. The van der Waals surface area contributed by atoms with Crippen LogP contribution in [-0.2, 0) is 0 Å². The van der Waals surface area contributed by atoms with E-state index in [0.717, 1.165) is 19.4 Å². The summed E-state index contributed by atoms with van der Waals surface area (Å²) < 4.78 is 1.62. The Morgan fingerprint density at radius 1 is 1.62 bits per heavy atom. The van der Waals surface area contributed by atoms with Gasteiger partial charge in [-0.2, -0.15) is 0 Å². The predicted octanol–water partition coefficient (Wildman–Crippen LogP) is 3.14. The summed E-state index contributed by atoms with van der Waals surface area (Å²) in [6.45, 7) is 0. The monoisotopic (exact) mass is 277 g/mol. The quantitative estimate of drug-likeness (QED) is 0.842. The Bertz CT molecular complexity index is 417. The highest BCUT2D eigenvalue weighted by molar-refractivity contribution is 9.10. The summed E-state index contributed by atoms with van der Waals surface area (Å²) in [6, 6.07) is 1.93. The van der Waals surface area contributed by atoms with Gasteiger partial charge >= 0.3 is 0 Å². The lowest BCUT2D eigenvalue weighted by atomic mass is 10.4. The van der Waals surface area contributed by atoms with E-state index in [9.17, 15) is 0 Å². The van der Waals surface area contributed by atoms with Gasteiger partial charge in [-0.25, -0.2) is 4.98 Å². The van der Waals surface area contributed by atoms with E-state index in [4.69, 9.17) is 17.3 Å². The molecule has 2 aromatic heterocycles. The molecule has 0 aliphatic rings. The van der Waals surface area contributed by atoms with E-state index >= 15 is 0 Å². The van der Waals surface area contributed by atoms with Crippen LogP contribution in [0.15, 0.2) is 16.7 Å². The minimum atomic E-state index is 0.413. The van der Waals surface area contributed by atoms with Crippen LogP contribution in [0.3, 0.4) is 0 Å². The first-order chi connectivity index (χ1) is 6.16. The largest absolute Gasteiger partial charge is 0.369 e. The number of nitrogens with two attached hydrogens (primary N) is 1. The lowest BCUT2D eigenvalue weighted by molar-refractivity contribution is 1.33. The number of hydrogen-bond acceptors (Lipinski definition) is 3. The van der Waals surface area contributed by atoms with E-state index in [0.29, 0.717) is 5.95 Å². The van der Waals surface area contributed by atoms with E-state index in [1.807, 2.05) is 6.07 Å². The Kier molecular flexibility index (Phi) is 2.31. The summed E-state index contributed by atoms with van der Waals surface area (Å²) >= 11 is 10.7. The molecule has 0 atom stereocenters. The van der Waals surface area contributed by atoms with Crippen molar-refractivity contribution in [2.75, 3.05) is 5.73 Å². The second-order valence-corrected chi connectivity index (χ2v) is 4.92. The fraction of sp³-hybridized carbons (Fsp3) is 0. The molecule has 0 amide bonds. The third-order valence-corrected chi connectivity index (χ3v) is 4.01. The number of H-pyrrole nitrogens is 1. The van der Waals surface area contributed by atoms with Gasteiger partial charge in [-0.1, -0.05) is 11.6 Å². The third kappa shape index (κ3) is 1.72. The molecule has 0 saturated carbocycles. The van der Waals surface area contributed by atoms with Gasteiger partial charge in [0.15, 0.2) is 5.95 Å². The van der Waals surface area contributed by atoms with Crippen molar-refractivity contribution in [3.63, 3.8) is 0 Å². The van der Waals surface area contributed by atoms with Crippen molar-refractivity contribution in [3.8, 4) is 10.6 Å². The fourth-order valence-electron chi connectivity index (χ4n) is 0.941. The van der Waals surface area contributed by atoms with Crippen LogP contribution >= 0.6 is 38.9 Å². The molecule has 0 fully saturated rings. The van der Waals surface area contributed by atoms with Gasteiger partial charge < -0.3 is 10.7 Å². The number of nitrogens with zero attached hydrogens (tertiary/aromatic N) is 1. The number of imidazole rings is 1. The molecule has 0 unspecified atom stereocenters. The number of thiophene rings is 1. The minimum absolute atomic E-state index is 0.413. The second-order valence-electron chi connectivity index (χ2n) is 2.41. The molecule has 6 heteroatoms. The summed E-state index contributed by atoms with van der Waals surface area (Å²) in [4.78, 5) is 7.85. The highest BCUT2D eigenvalue weighted by atomic mass is 79.9. The Balaban J connectivity index is 2.46. The molecule has 3 N–H and O–H groups in total. The topological polar surface area (TPSA) is 54.7 Å². The van der Waals surface area contributed by atoms with E-state index < -0.39 is 0 Å². The number of aromatic amines is 1.